The van der Waals surface area contributed by atoms with Crippen molar-refractivity contribution in [3.63, 3.8) is 0 Å². The van der Waals surface area contributed by atoms with E-state index >= 15 is 0 Å². The third kappa shape index (κ3) is 5.50. The number of rotatable bonds is 4. The van der Waals surface area contributed by atoms with Crippen LogP contribution in [0.5, 0.6) is 0 Å². The van der Waals surface area contributed by atoms with Crippen molar-refractivity contribution >= 4 is 16.7 Å². The van der Waals surface area contributed by atoms with Crippen molar-refractivity contribution in [2.24, 2.45) is 5.73 Å². The third-order valence-corrected chi connectivity index (χ3v) is 1.99. The number of carbonyl (C=O) groups excluding carboxylic acids is 1. The fraction of sp³-hybridized carbons (Fsp3) is 0.500. The van der Waals surface area contributed by atoms with Gasteiger partial charge in [0.1, 0.15) is 5.75 Å². The normalized spacial score (nSPS) is 13.7. The summed E-state index contributed by atoms with van der Waals surface area (Å²) in [5, 5.41) is 0. The molecule has 0 aromatic carbocycles. The quantitative estimate of drug-likeness (QED) is 0.580. The lowest BCUT2D eigenvalue weighted by Crippen LogP contribution is -2.20. The summed E-state index contributed by atoms with van der Waals surface area (Å²) in [5.74, 6) is -0.133. The highest BCUT2D eigenvalue weighted by Crippen LogP contribution is 1.82. The number of allylic oxidation sites excluding steroid dienone is 1. The first kappa shape index (κ1) is 9.36. The minimum atomic E-state index is -1.11. The van der Waals surface area contributed by atoms with Gasteiger partial charge in [0.25, 0.3) is 0 Å². The zero-order valence-electron chi connectivity index (χ0n) is 5.87. The van der Waals surface area contributed by atoms with Gasteiger partial charge in [0, 0.05) is 16.6 Å². The zero-order chi connectivity index (χ0) is 7.98. The average molecular weight is 161 g/mol. The van der Waals surface area contributed by atoms with E-state index in [-0.39, 0.29) is 5.75 Å². The molecular formula is C6H11NO2S. The highest BCUT2D eigenvalue weighted by Gasteiger charge is 1.99. The first-order valence-corrected chi connectivity index (χ1v) is 4.40. The van der Waals surface area contributed by atoms with Gasteiger partial charge >= 0.3 is 0 Å². The maximum atomic E-state index is 10.8. The number of primary amides is 1. The molecule has 0 spiro atoms. The molecule has 0 aliphatic heterocycles. The second kappa shape index (κ2) is 5.17. The number of amides is 1. The largest absolute Gasteiger partial charge is 0.369 e. The standard InChI is InChI=1S/C6H11NO2S/c1-2-3-4-10(9)5-6(7)8/h2-3H,4-5H2,1H3,(H2,7,8)/b3-2+. The topological polar surface area (TPSA) is 60.2 Å². The van der Waals surface area contributed by atoms with Crippen LogP contribution in [0.3, 0.4) is 0 Å². The van der Waals surface area contributed by atoms with Gasteiger partial charge in [-0.2, -0.15) is 0 Å². The second-order valence-electron chi connectivity index (χ2n) is 1.79. The molecule has 1 atom stereocenters. The molecule has 0 saturated heterocycles. The Hall–Kier alpha value is -0.640. The van der Waals surface area contributed by atoms with E-state index in [4.69, 9.17) is 5.73 Å². The number of hydrogen-bond donors (Lipinski definition) is 1. The van der Waals surface area contributed by atoms with Crippen LogP contribution < -0.4 is 5.73 Å². The van der Waals surface area contributed by atoms with Crippen molar-refractivity contribution in [2.75, 3.05) is 11.5 Å². The first-order valence-electron chi connectivity index (χ1n) is 2.91. The van der Waals surface area contributed by atoms with Crippen molar-refractivity contribution in [2.45, 2.75) is 6.92 Å². The van der Waals surface area contributed by atoms with Crippen LogP contribution in [0, 0.1) is 0 Å². The predicted octanol–water partition coefficient (Wildman–Crippen LogP) is -0.203. The molecule has 0 aromatic heterocycles. The Morgan fingerprint density at radius 1 is 1.70 bits per heavy atom. The number of carbonyl (C=O) groups is 1. The lowest BCUT2D eigenvalue weighted by molar-refractivity contribution is -0.115. The van der Waals surface area contributed by atoms with Gasteiger partial charge in [0.2, 0.25) is 5.91 Å². The van der Waals surface area contributed by atoms with E-state index in [0.717, 1.165) is 0 Å². The minimum Gasteiger partial charge on any atom is -0.369 e. The van der Waals surface area contributed by atoms with E-state index in [1.165, 1.54) is 0 Å². The van der Waals surface area contributed by atoms with Crippen molar-refractivity contribution in [3.8, 4) is 0 Å². The summed E-state index contributed by atoms with van der Waals surface area (Å²) < 4.78 is 10.8. The molecule has 1 unspecified atom stereocenters. The van der Waals surface area contributed by atoms with Crippen LogP contribution in [-0.4, -0.2) is 21.6 Å². The Balaban J connectivity index is 3.54. The SMILES string of the molecule is C/C=C/CS(=O)CC(N)=O. The van der Waals surface area contributed by atoms with Gasteiger partial charge in [-0.05, 0) is 6.92 Å². The van der Waals surface area contributed by atoms with E-state index in [1.807, 2.05) is 6.92 Å². The van der Waals surface area contributed by atoms with Gasteiger partial charge in [0.15, 0.2) is 0 Å². The maximum absolute atomic E-state index is 10.8. The first-order chi connectivity index (χ1) is 4.66. The smallest absolute Gasteiger partial charge is 0.230 e. The van der Waals surface area contributed by atoms with Crippen molar-refractivity contribution in [1.82, 2.24) is 0 Å². The molecule has 0 fully saturated rings. The monoisotopic (exact) mass is 161 g/mol. The van der Waals surface area contributed by atoms with E-state index in [1.54, 1.807) is 12.2 Å². The summed E-state index contributed by atoms with van der Waals surface area (Å²) in [5.41, 5.74) is 4.81. The molecule has 1 amide bonds. The predicted molar refractivity (Wildman–Crippen MR) is 41.9 cm³/mol. The van der Waals surface area contributed by atoms with Crippen LogP contribution in [0.4, 0.5) is 0 Å². The van der Waals surface area contributed by atoms with Gasteiger partial charge in [-0.3, -0.25) is 9.00 Å². The van der Waals surface area contributed by atoms with Gasteiger partial charge in [-0.15, -0.1) is 0 Å². The Labute approximate surface area is 62.8 Å². The highest BCUT2D eigenvalue weighted by atomic mass is 32.2. The summed E-state index contributed by atoms with van der Waals surface area (Å²) in [4.78, 5) is 10.2. The van der Waals surface area contributed by atoms with Gasteiger partial charge in [-0.1, -0.05) is 12.2 Å². The van der Waals surface area contributed by atoms with Crippen molar-refractivity contribution < 1.29 is 9.00 Å². The molecule has 0 aliphatic rings. The van der Waals surface area contributed by atoms with Crippen LogP contribution in [0.15, 0.2) is 12.2 Å². The van der Waals surface area contributed by atoms with Crippen LogP contribution in [0.1, 0.15) is 6.92 Å². The Morgan fingerprint density at radius 3 is 2.70 bits per heavy atom. The average Bonchev–Trinajstić information content (AvgIpc) is 1.82. The van der Waals surface area contributed by atoms with Gasteiger partial charge < -0.3 is 5.73 Å². The molecule has 0 heterocycles. The molecule has 3 nitrogen and oxygen atoms in total. The number of hydrogen-bond acceptors (Lipinski definition) is 2. The maximum Gasteiger partial charge on any atom is 0.230 e. The molecule has 10 heavy (non-hydrogen) atoms. The molecule has 0 bridgehead atoms. The molecule has 2 N–H and O–H groups in total. The van der Waals surface area contributed by atoms with Crippen molar-refractivity contribution in [1.29, 1.82) is 0 Å². The van der Waals surface area contributed by atoms with Crippen LogP contribution >= 0.6 is 0 Å². The molecule has 4 heteroatoms. The highest BCUT2D eigenvalue weighted by molar-refractivity contribution is 7.85. The van der Waals surface area contributed by atoms with Crippen LogP contribution in [0.25, 0.3) is 0 Å². The fourth-order valence-corrected chi connectivity index (χ4v) is 1.26. The van der Waals surface area contributed by atoms with E-state index in [2.05, 4.69) is 0 Å². The summed E-state index contributed by atoms with van der Waals surface area (Å²) in [6.45, 7) is 1.83. The molecular weight excluding hydrogens is 150 g/mol. The molecule has 0 saturated carbocycles. The molecule has 58 valence electrons. The summed E-state index contributed by atoms with van der Waals surface area (Å²) in [6.07, 6.45) is 3.54. The number of nitrogens with two attached hydrogens (primary N) is 1. The second-order valence-corrected chi connectivity index (χ2v) is 3.29. The lowest BCUT2D eigenvalue weighted by atomic mass is 10.6. The summed E-state index contributed by atoms with van der Waals surface area (Å²) >= 11 is 0. The lowest BCUT2D eigenvalue weighted by Gasteiger charge is -1.91. The molecule has 0 aliphatic carbocycles. The van der Waals surface area contributed by atoms with E-state index in [9.17, 15) is 9.00 Å². The fourth-order valence-electron chi connectivity index (χ4n) is 0.421. The molecule has 0 aromatic rings. The van der Waals surface area contributed by atoms with Crippen molar-refractivity contribution in [3.05, 3.63) is 12.2 Å². The van der Waals surface area contributed by atoms with Crippen LogP contribution in [-0.2, 0) is 15.6 Å². The summed E-state index contributed by atoms with van der Waals surface area (Å²) in [6, 6.07) is 0. The van der Waals surface area contributed by atoms with Crippen LogP contribution in [0.2, 0.25) is 0 Å². The molecule has 0 radical (unpaired) electrons. The molecule has 0 rings (SSSR count). The van der Waals surface area contributed by atoms with Gasteiger partial charge in [-0.25, -0.2) is 0 Å². The van der Waals surface area contributed by atoms with E-state index < -0.39 is 16.7 Å². The summed E-state index contributed by atoms with van der Waals surface area (Å²) in [7, 11) is -1.11. The Bertz CT molecular complexity index is 165. The van der Waals surface area contributed by atoms with E-state index in [0.29, 0.717) is 5.75 Å². The van der Waals surface area contributed by atoms with Gasteiger partial charge in [0.05, 0.1) is 0 Å². The Morgan fingerprint density at radius 2 is 2.30 bits per heavy atom. The Kier molecular flexibility index (Phi) is 4.84. The zero-order valence-corrected chi connectivity index (χ0v) is 6.69. The third-order valence-electron chi connectivity index (χ3n) is 0.821. The minimum absolute atomic E-state index is 0.0374.